The number of fused-ring (bicyclic) bond motifs is 1. The number of thiophene rings is 1. The molecular weight excluding hydrogens is 492 g/mol. The fourth-order valence-corrected chi connectivity index (χ4v) is 6.68. The number of imidazole rings is 1. The molecule has 0 aliphatic heterocycles. The van der Waals surface area contributed by atoms with Crippen LogP contribution in [0, 0.1) is 22.7 Å². The van der Waals surface area contributed by atoms with Gasteiger partial charge in [0, 0.05) is 17.1 Å². The van der Waals surface area contributed by atoms with Gasteiger partial charge in [-0.1, -0.05) is 32.5 Å². The van der Waals surface area contributed by atoms with Crippen molar-refractivity contribution in [2.75, 3.05) is 11.1 Å². The molecule has 36 heavy (non-hydrogen) atoms. The fourth-order valence-electron chi connectivity index (χ4n) is 4.57. The van der Waals surface area contributed by atoms with Gasteiger partial charge in [0.2, 0.25) is 5.91 Å². The average molecular weight is 521 g/mol. The molecule has 1 amide bonds. The number of carbonyl (C=O) groups excluding carboxylic acids is 1. The summed E-state index contributed by atoms with van der Waals surface area (Å²) in [4.78, 5) is 22.0. The van der Waals surface area contributed by atoms with Gasteiger partial charge in [0.15, 0.2) is 16.7 Å². The van der Waals surface area contributed by atoms with Crippen molar-refractivity contribution in [3.8, 4) is 29.0 Å². The van der Waals surface area contributed by atoms with E-state index in [2.05, 4.69) is 42.1 Å². The van der Waals surface area contributed by atoms with E-state index < -0.39 is 0 Å². The summed E-state index contributed by atoms with van der Waals surface area (Å²) >= 11 is 3.02. The summed E-state index contributed by atoms with van der Waals surface area (Å²) in [5, 5.41) is 14.2. The van der Waals surface area contributed by atoms with Crippen molar-refractivity contribution in [3.63, 3.8) is 0 Å². The third-order valence-corrected chi connectivity index (χ3v) is 8.67. The summed E-state index contributed by atoms with van der Waals surface area (Å²) < 4.78 is 11.1. The first kappa shape index (κ1) is 24.5. The summed E-state index contributed by atoms with van der Waals surface area (Å²) in [6.07, 6.45) is 6.47. The molecule has 7 nitrogen and oxygen atoms in total. The zero-order valence-electron chi connectivity index (χ0n) is 20.5. The van der Waals surface area contributed by atoms with Gasteiger partial charge < -0.3 is 19.1 Å². The van der Waals surface area contributed by atoms with E-state index in [0.717, 1.165) is 30.5 Å². The Hall–Kier alpha value is -3.22. The van der Waals surface area contributed by atoms with Crippen molar-refractivity contribution in [2.24, 2.45) is 11.3 Å². The molecule has 1 atom stereocenters. The van der Waals surface area contributed by atoms with Crippen LogP contribution in [0.2, 0.25) is 0 Å². The number of H-pyrrole nitrogens is 1. The second-order valence-corrected chi connectivity index (χ2v) is 12.2. The molecule has 1 unspecified atom stereocenters. The summed E-state index contributed by atoms with van der Waals surface area (Å²) in [5.41, 5.74) is 3.39. The van der Waals surface area contributed by atoms with Crippen LogP contribution in [0.15, 0.2) is 50.8 Å². The Kier molecular flexibility index (Phi) is 6.82. The van der Waals surface area contributed by atoms with Crippen molar-refractivity contribution < 1.29 is 13.6 Å². The number of hydrogen-bond acceptors (Lipinski definition) is 7. The highest BCUT2D eigenvalue weighted by Crippen LogP contribution is 2.44. The average Bonchev–Trinajstić information content (AvgIpc) is 3.63. The molecule has 0 radical (unpaired) electrons. The molecule has 1 aliphatic carbocycles. The third kappa shape index (κ3) is 5.01. The van der Waals surface area contributed by atoms with Gasteiger partial charge in [-0.25, -0.2) is 4.98 Å². The highest BCUT2D eigenvalue weighted by molar-refractivity contribution is 7.99. The maximum absolute atomic E-state index is 12.8. The van der Waals surface area contributed by atoms with Crippen molar-refractivity contribution >= 4 is 34.0 Å². The van der Waals surface area contributed by atoms with Crippen LogP contribution in [0.25, 0.3) is 22.9 Å². The molecule has 0 bridgehead atoms. The first-order chi connectivity index (χ1) is 17.3. The van der Waals surface area contributed by atoms with Gasteiger partial charge in [0.05, 0.1) is 18.1 Å². The molecule has 9 heteroatoms. The normalized spacial score (nSPS) is 15.4. The van der Waals surface area contributed by atoms with E-state index in [9.17, 15) is 10.1 Å². The Balaban J connectivity index is 1.23. The van der Waals surface area contributed by atoms with Gasteiger partial charge in [-0.3, -0.25) is 4.79 Å². The van der Waals surface area contributed by atoms with Crippen molar-refractivity contribution in [1.29, 1.82) is 5.26 Å². The maximum Gasteiger partial charge on any atom is 0.225 e. The second kappa shape index (κ2) is 10.0. The molecule has 0 fully saturated rings. The van der Waals surface area contributed by atoms with Gasteiger partial charge in [-0.2, -0.15) is 5.26 Å². The third-order valence-electron chi connectivity index (χ3n) is 6.63. The lowest BCUT2D eigenvalue weighted by molar-refractivity contribution is -0.115. The van der Waals surface area contributed by atoms with Crippen LogP contribution >= 0.6 is 23.1 Å². The number of carbonyl (C=O) groups is 1. The number of thioether (sulfide) groups is 1. The lowest BCUT2D eigenvalue weighted by atomic mass is 9.72. The van der Waals surface area contributed by atoms with Gasteiger partial charge in [0.25, 0.3) is 0 Å². The van der Waals surface area contributed by atoms with Gasteiger partial charge in [-0.05, 0) is 60.4 Å². The SMILES string of the molecule is CC(C)(C)C1CCc2c(sc(NC(=O)CCSc3nc(-c4ccco4)c(-c4ccco4)[nH]3)c2C#N)C1. The Morgan fingerprint density at radius 1 is 1.28 bits per heavy atom. The minimum absolute atomic E-state index is 0.103. The lowest BCUT2D eigenvalue weighted by Crippen LogP contribution is -2.26. The summed E-state index contributed by atoms with van der Waals surface area (Å²) in [6, 6.07) is 9.68. The summed E-state index contributed by atoms with van der Waals surface area (Å²) in [7, 11) is 0. The van der Waals surface area contributed by atoms with Crippen LogP contribution in [-0.2, 0) is 17.6 Å². The standard InChI is InChI=1S/C27H28N4O3S2/c1-27(2,3)16-8-9-17-18(15-28)25(36-21(17)14-16)29-22(32)10-13-35-26-30-23(19-6-4-11-33-19)24(31-26)20-7-5-12-34-20/h4-7,11-12,16H,8-10,13-14H2,1-3H3,(H,29,32)(H,30,31). The quantitative estimate of drug-likeness (QED) is 0.251. The number of rotatable bonds is 7. The number of nitrogens with one attached hydrogen (secondary N) is 2. The molecular formula is C27H28N4O3S2. The van der Waals surface area contributed by atoms with E-state index in [4.69, 9.17) is 8.83 Å². The molecule has 0 aromatic carbocycles. The van der Waals surface area contributed by atoms with Crippen molar-refractivity contribution in [3.05, 3.63) is 52.8 Å². The van der Waals surface area contributed by atoms with Crippen LogP contribution in [0.3, 0.4) is 0 Å². The molecule has 0 saturated carbocycles. The van der Waals surface area contributed by atoms with Gasteiger partial charge >= 0.3 is 0 Å². The van der Waals surface area contributed by atoms with Crippen LogP contribution in [0.4, 0.5) is 5.00 Å². The van der Waals surface area contributed by atoms with E-state index in [1.54, 1.807) is 23.9 Å². The summed E-state index contributed by atoms with van der Waals surface area (Å²) in [5.74, 6) is 2.32. The smallest absolute Gasteiger partial charge is 0.225 e. The monoisotopic (exact) mass is 520 g/mol. The number of furan rings is 2. The molecule has 4 aromatic rings. The van der Waals surface area contributed by atoms with Crippen molar-refractivity contribution in [1.82, 2.24) is 9.97 Å². The molecule has 0 saturated heterocycles. The molecule has 1 aliphatic rings. The molecule has 2 N–H and O–H groups in total. The van der Waals surface area contributed by atoms with E-state index in [1.165, 1.54) is 16.6 Å². The number of amides is 1. The molecule has 4 aromatic heterocycles. The first-order valence-electron chi connectivity index (χ1n) is 12.0. The number of hydrogen-bond donors (Lipinski definition) is 2. The largest absolute Gasteiger partial charge is 0.463 e. The van der Waals surface area contributed by atoms with E-state index >= 15 is 0 Å². The molecule has 4 heterocycles. The molecule has 186 valence electrons. The Labute approximate surface area is 218 Å². The Morgan fingerprint density at radius 3 is 2.69 bits per heavy atom. The number of anilines is 1. The zero-order valence-corrected chi connectivity index (χ0v) is 22.1. The van der Waals surface area contributed by atoms with Crippen LogP contribution in [0.1, 0.15) is 49.6 Å². The Morgan fingerprint density at radius 2 is 2.03 bits per heavy atom. The maximum atomic E-state index is 12.8. The van der Waals surface area contributed by atoms with E-state index in [0.29, 0.717) is 51.0 Å². The predicted molar refractivity (Wildman–Crippen MR) is 142 cm³/mol. The van der Waals surface area contributed by atoms with Gasteiger partial charge in [0.1, 0.15) is 22.5 Å². The lowest BCUT2D eigenvalue weighted by Gasteiger charge is -2.33. The second-order valence-electron chi connectivity index (χ2n) is 9.99. The highest BCUT2D eigenvalue weighted by Gasteiger charge is 2.32. The fraction of sp³-hybridized carbons (Fsp3) is 0.370. The highest BCUT2D eigenvalue weighted by atomic mass is 32.2. The number of nitriles is 1. The Bertz CT molecular complexity index is 1330. The van der Waals surface area contributed by atoms with E-state index in [1.807, 2.05) is 24.3 Å². The van der Waals surface area contributed by atoms with Crippen LogP contribution in [0.5, 0.6) is 0 Å². The molecule has 0 spiro atoms. The zero-order chi connectivity index (χ0) is 25.3. The minimum Gasteiger partial charge on any atom is -0.463 e. The predicted octanol–water partition coefficient (Wildman–Crippen LogP) is 7.13. The number of aromatic amines is 1. The van der Waals surface area contributed by atoms with Crippen molar-refractivity contribution in [2.45, 2.75) is 51.6 Å². The minimum atomic E-state index is -0.103. The van der Waals surface area contributed by atoms with E-state index in [-0.39, 0.29) is 11.3 Å². The van der Waals surface area contributed by atoms with Crippen LogP contribution < -0.4 is 5.32 Å². The first-order valence-corrected chi connectivity index (χ1v) is 13.8. The number of aromatic nitrogens is 2. The topological polar surface area (TPSA) is 108 Å². The van der Waals surface area contributed by atoms with Gasteiger partial charge in [-0.15, -0.1) is 11.3 Å². The summed E-state index contributed by atoms with van der Waals surface area (Å²) in [6.45, 7) is 6.82. The molecule has 5 rings (SSSR count). The number of nitrogens with zero attached hydrogens (tertiary/aromatic N) is 2. The van der Waals surface area contributed by atoms with Crippen LogP contribution in [-0.4, -0.2) is 21.6 Å².